The second-order valence-corrected chi connectivity index (χ2v) is 6.87. The van der Waals surface area contributed by atoms with Crippen LogP contribution >= 0.6 is 22.6 Å². The quantitative estimate of drug-likeness (QED) is 0.475. The molecular weight excluding hydrogens is 328 g/mol. The Bertz CT molecular complexity index is 239. The van der Waals surface area contributed by atoms with E-state index >= 15 is 0 Å². The third-order valence-corrected chi connectivity index (χ3v) is 6.20. The number of alkyl halides is 4. The third-order valence-electron chi connectivity index (χ3n) is 4.35. The zero-order valence-corrected chi connectivity index (χ0v) is 12.2. The van der Waals surface area contributed by atoms with Crippen LogP contribution in [0.15, 0.2) is 0 Å². The van der Waals surface area contributed by atoms with Gasteiger partial charge in [-0.1, -0.05) is 43.4 Å². The van der Waals surface area contributed by atoms with Crippen LogP contribution in [0.3, 0.4) is 0 Å². The molecule has 0 aromatic carbocycles. The van der Waals surface area contributed by atoms with E-state index in [1.807, 2.05) is 0 Å². The minimum Gasteiger partial charge on any atom is -0.171 e. The van der Waals surface area contributed by atoms with Crippen LogP contribution < -0.4 is 0 Å². The van der Waals surface area contributed by atoms with Gasteiger partial charge in [0.15, 0.2) is 0 Å². The van der Waals surface area contributed by atoms with Crippen molar-refractivity contribution in [3.05, 3.63) is 0 Å². The third kappa shape index (κ3) is 2.67. The molecule has 1 saturated carbocycles. The largest absolute Gasteiger partial charge is 0.394 e. The van der Waals surface area contributed by atoms with Crippen LogP contribution in [0.5, 0.6) is 0 Å². The summed E-state index contributed by atoms with van der Waals surface area (Å²) in [6.07, 6.45) is -1.50. The van der Waals surface area contributed by atoms with Gasteiger partial charge >= 0.3 is 6.18 Å². The summed E-state index contributed by atoms with van der Waals surface area (Å²) in [5.41, 5.74) is -1.49. The van der Waals surface area contributed by atoms with Crippen molar-refractivity contribution in [2.75, 3.05) is 0 Å². The molecule has 1 rings (SSSR count). The van der Waals surface area contributed by atoms with E-state index in [0.29, 0.717) is 9.84 Å². The highest BCUT2D eigenvalue weighted by molar-refractivity contribution is 14.1. The van der Waals surface area contributed by atoms with Gasteiger partial charge in [0.05, 0.1) is 5.41 Å². The molecule has 0 heterocycles. The van der Waals surface area contributed by atoms with Gasteiger partial charge in [-0.25, -0.2) is 0 Å². The maximum atomic E-state index is 13.1. The van der Waals surface area contributed by atoms with Gasteiger partial charge in [-0.15, -0.1) is 0 Å². The molecule has 0 radical (unpaired) electrons. The lowest BCUT2D eigenvalue weighted by atomic mass is 9.66. The first-order chi connectivity index (χ1) is 7.22. The minimum atomic E-state index is -4.07. The van der Waals surface area contributed by atoms with Crippen LogP contribution in [-0.2, 0) is 0 Å². The van der Waals surface area contributed by atoms with Crippen LogP contribution in [-0.4, -0.2) is 10.1 Å². The number of hydrogen-bond donors (Lipinski definition) is 0. The molecule has 0 aromatic heterocycles. The molecule has 96 valence electrons. The van der Waals surface area contributed by atoms with E-state index in [0.717, 1.165) is 19.3 Å². The van der Waals surface area contributed by atoms with Crippen LogP contribution in [0.1, 0.15) is 46.5 Å². The van der Waals surface area contributed by atoms with E-state index in [1.165, 1.54) is 6.92 Å². The molecule has 0 bridgehead atoms. The zero-order chi connectivity index (χ0) is 12.6. The van der Waals surface area contributed by atoms with Gasteiger partial charge in [0.25, 0.3) is 0 Å². The van der Waals surface area contributed by atoms with Gasteiger partial charge in [-0.3, -0.25) is 0 Å². The molecule has 16 heavy (non-hydrogen) atoms. The van der Waals surface area contributed by atoms with Gasteiger partial charge in [0, 0.05) is 3.92 Å². The fourth-order valence-corrected chi connectivity index (χ4v) is 3.31. The minimum absolute atomic E-state index is 0.194. The first kappa shape index (κ1) is 14.6. The van der Waals surface area contributed by atoms with E-state index in [9.17, 15) is 13.2 Å². The molecule has 1 aliphatic carbocycles. The van der Waals surface area contributed by atoms with Crippen molar-refractivity contribution in [2.45, 2.75) is 56.6 Å². The summed E-state index contributed by atoms with van der Waals surface area (Å²) >= 11 is 2.37. The molecule has 0 nitrogen and oxygen atoms in total. The van der Waals surface area contributed by atoms with E-state index in [-0.39, 0.29) is 12.3 Å². The van der Waals surface area contributed by atoms with E-state index in [1.54, 1.807) is 6.92 Å². The average Bonchev–Trinajstić information content (AvgIpc) is 2.19. The van der Waals surface area contributed by atoms with Crippen LogP contribution in [0.2, 0.25) is 0 Å². The van der Waals surface area contributed by atoms with Crippen molar-refractivity contribution in [1.82, 2.24) is 0 Å². The lowest BCUT2D eigenvalue weighted by Crippen LogP contribution is -2.44. The van der Waals surface area contributed by atoms with Gasteiger partial charge < -0.3 is 0 Å². The Labute approximate surface area is 110 Å². The molecular formula is C12H20F3I. The van der Waals surface area contributed by atoms with Gasteiger partial charge in [-0.2, -0.15) is 13.2 Å². The summed E-state index contributed by atoms with van der Waals surface area (Å²) in [5, 5.41) is 0. The predicted octanol–water partition coefficient (Wildman–Crippen LogP) is 5.20. The molecule has 1 fully saturated rings. The molecule has 4 heteroatoms. The maximum absolute atomic E-state index is 13.1. The predicted molar refractivity (Wildman–Crippen MR) is 68.8 cm³/mol. The number of hydrogen-bond acceptors (Lipinski definition) is 0. The smallest absolute Gasteiger partial charge is 0.171 e. The van der Waals surface area contributed by atoms with Gasteiger partial charge in [0.1, 0.15) is 0 Å². The topological polar surface area (TPSA) is 0 Å². The standard InChI is InChI=1S/C12H20F3I/c1-4-11(3,12(13,14)15)9-5-6-10(16)8(2)7-9/h8-10H,4-7H2,1-3H3/t8-,9-,10?,11-/m0/s1. The van der Waals surface area contributed by atoms with E-state index in [2.05, 4.69) is 29.5 Å². The summed E-state index contributed by atoms with van der Waals surface area (Å²) in [4.78, 5) is 0. The fourth-order valence-electron chi connectivity index (χ4n) is 2.66. The van der Waals surface area contributed by atoms with Crippen molar-refractivity contribution in [3.8, 4) is 0 Å². The molecule has 0 N–H and O–H groups in total. The number of rotatable bonds is 2. The highest BCUT2D eigenvalue weighted by Crippen LogP contribution is 2.52. The summed E-state index contributed by atoms with van der Waals surface area (Å²) in [7, 11) is 0. The SMILES string of the molecule is CC[C@@](C)([C@H]1CCC(I)[C@@H](C)C1)C(F)(F)F. The highest BCUT2D eigenvalue weighted by Gasteiger charge is 2.55. The monoisotopic (exact) mass is 348 g/mol. The number of halogens is 4. The summed E-state index contributed by atoms with van der Waals surface area (Å²) in [6, 6.07) is 0. The molecule has 0 spiro atoms. The lowest BCUT2D eigenvalue weighted by Gasteiger charge is -2.43. The van der Waals surface area contributed by atoms with Crippen molar-refractivity contribution >= 4 is 22.6 Å². The Morgan fingerprint density at radius 3 is 2.19 bits per heavy atom. The maximum Gasteiger partial charge on any atom is 0.394 e. The van der Waals surface area contributed by atoms with Crippen LogP contribution in [0.25, 0.3) is 0 Å². The summed E-state index contributed by atoms with van der Waals surface area (Å²) in [6.45, 7) is 5.14. The molecule has 0 saturated heterocycles. The highest BCUT2D eigenvalue weighted by atomic mass is 127. The van der Waals surface area contributed by atoms with Gasteiger partial charge in [-0.05, 0) is 37.5 Å². The van der Waals surface area contributed by atoms with E-state index in [4.69, 9.17) is 0 Å². The summed E-state index contributed by atoms with van der Waals surface area (Å²) in [5.74, 6) is 0.214. The van der Waals surface area contributed by atoms with Crippen molar-refractivity contribution < 1.29 is 13.2 Å². The molecule has 0 aliphatic heterocycles. The Kier molecular flexibility index (Phi) is 4.58. The molecule has 1 aliphatic rings. The Balaban J connectivity index is 2.82. The second kappa shape index (κ2) is 5.02. The Hall–Kier alpha value is 0.520. The first-order valence-corrected chi connectivity index (χ1v) is 7.17. The summed E-state index contributed by atoms with van der Waals surface area (Å²) < 4.78 is 39.9. The van der Waals surface area contributed by atoms with E-state index < -0.39 is 11.6 Å². The fraction of sp³-hybridized carbons (Fsp3) is 1.00. The molecule has 0 amide bonds. The zero-order valence-electron chi connectivity index (χ0n) is 10.1. The van der Waals surface area contributed by atoms with Crippen LogP contribution in [0.4, 0.5) is 13.2 Å². The molecule has 1 unspecified atom stereocenters. The normalized spacial score (nSPS) is 35.8. The van der Waals surface area contributed by atoms with Gasteiger partial charge in [0.2, 0.25) is 0 Å². The molecule has 4 atom stereocenters. The van der Waals surface area contributed by atoms with Crippen molar-refractivity contribution in [3.63, 3.8) is 0 Å². The lowest BCUT2D eigenvalue weighted by molar-refractivity contribution is -0.242. The van der Waals surface area contributed by atoms with Crippen molar-refractivity contribution in [1.29, 1.82) is 0 Å². The second-order valence-electron chi connectivity index (χ2n) is 5.27. The Morgan fingerprint density at radius 2 is 1.81 bits per heavy atom. The Morgan fingerprint density at radius 1 is 1.25 bits per heavy atom. The first-order valence-electron chi connectivity index (χ1n) is 5.93. The van der Waals surface area contributed by atoms with Crippen LogP contribution in [0, 0.1) is 17.3 Å². The average molecular weight is 348 g/mol. The van der Waals surface area contributed by atoms with Crippen molar-refractivity contribution in [2.24, 2.45) is 17.3 Å². The molecule has 0 aromatic rings.